The lowest BCUT2D eigenvalue weighted by Crippen LogP contribution is -2.31. The zero-order chi connectivity index (χ0) is 22.8. The first-order valence-electron chi connectivity index (χ1n) is 11.5. The summed E-state index contributed by atoms with van der Waals surface area (Å²) in [7, 11) is -3.82. The van der Waals surface area contributed by atoms with Crippen molar-refractivity contribution >= 4 is 26.8 Å². The minimum absolute atomic E-state index is 0.0561. The summed E-state index contributed by atoms with van der Waals surface area (Å²) < 4.78 is 39.5. The van der Waals surface area contributed by atoms with E-state index in [0.29, 0.717) is 30.8 Å². The summed E-state index contributed by atoms with van der Waals surface area (Å²) in [5, 5.41) is 3.82. The molecule has 0 unspecified atom stereocenters. The highest BCUT2D eigenvalue weighted by atomic mass is 32.2. The maximum atomic E-state index is 13.5. The van der Waals surface area contributed by atoms with E-state index in [1.165, 1.54) is 16.1 Å². The number of carbonyl (C=O) groups is 1. The Morgan fingerprint density at radius 2 is 1.76 bits per heavy atom. The van der Waals surface area contributed by atoms with Crippen LogP contribution in [0.25, 0.3) is 10.9 Å². The lowest BCUT2D eigenvalue weighted by Gasteiger charge is -2.21. The molecule has 8 heteroatoms. The number of para-hydroxylation sites is 1. The molecule has 1 N–H and O–H groups in total. The number of benzene rings is 2. The van der Waals surface area contributed by atoms with Crippen LogP contribution in [0.4, 0.5) is 0 Å². The third-order valence-electron chi connectivity index (χ3n) is 6.56. The summed E-state index contributed by atoms with van der Waals surface area (Å²) >= 11 is 0. The fraction of sp³-hybridized carbons (Fsp3) is 0.400. The molecule has 0 saturated carbocycles. The van der Waals surface area contributed by atoms with Crippen LogP contribution in [0.1, 0.15) is 47.5 Å². The number of amides is 1. The molecule has 1 atom stereocenters. The van der Waals surface area contributed by atoms with E-state index in [1.54, 1.807) is 18.3 Å². The largest absolute Gasteiger partial charge is 0.381 e. The normalized spacial score (nSPS) is 19.7. The van der Waals surface area contributed by atoms with Crippen molar-refractivity contribution in [2.75, 3.05) is 26.4 Å². The molecule has 174 valence electrons. The molecule has 5 rings (SSSR count). The van der Waals surface area contributed by atoms with Gasteiger partial charge < -0.3 is 14.8 Å². The Kier molecular flexibility index (Phi) is 6.23. The van der Waals surface area contributed by atoms with Crippen molar-refractivity contribution in [3.05, 3.63) is 65.9 Å². The molecule has 2 fully saturated rings. The quantitative estimate of drug-likeness (QED) is 0.596. The third-order valence-corrected chi connectivity index (χ3v) is 8.25. The van der Waals surface area contributed by atoms with E-state index in [1.807, 2.05) is 24.3 Å². The molecule has 7 nitrogen and oxygen atoms in total. The van der Waals surface area contributed by atoms with Crippen LogP contribution in [0.15, 0.2) is 59.6 Å². The van der Waals surface area contributed by atoms with Crippen LogP contribution >= 0.6 is 0 Å². The fourth-order valence-corrected chi connectivity index (χ4v) is 6.09. The van der Waals surface area contributed by atoms with E-state index in [0.717, 1.165) is 43.2 Å². The van der Waals surface area contributed by atoms with E-state index in [9.17, 15) is 13.2 Å². The zero-order valence-electron chi connectivity index (χ0n) is 18.4. The van der Waals surface area contributed by atoms with E-state index in [2.05, 4.69) is 5.32 Å². The number of nitrogens with one attached hydrogen (secondary N) is 1. The molecular weight excluding hydrogens is 440 g/mol. The monoisotopic (exact) mass is 468 g/mol. The van der Waals surface area contributed by atoms with E-state index < -0.39 is 10.0 Å². The topological polar surface area (TPSA) is 86.6 Å². The Morgan fingerprint density at radius 1 is 1.00 bits per heavy atom. The van der Waals surface area contributed by atoms with Crippen molar-refractivity contribution in [3.63, 3.8) is 0 Å². The second-order valence-electron chi connectivity index (χ2n) is 8.66. The highest BCUT2D eigenvalue weighted by Gasteiger charge is 2.26. The molecule has 3 aromatic rings. The number of fused-ring (bicyclic) bond motifs is 1. The van der Waals surface area contributed by atoms with Crippen LogP contribution in [-0.4, -0.2) is 50.8 Å². The number of aromatic nitrogens is 1. The van der Waals surface area contributed by atoms with Gasteiger partial charge in [-0.2, -0.15) is 0 Å². The molecule has 33 heavy (non-hydrogen) atoms. The van der Waals surface area contributed by atoms with Crippen molar-refractivity contribution in [1.82, 2.24) is 9.29 Å². The first-order valence-corrected chi connectivity index (χ1v) is 12.9. The first-order chi connectivity index (χ1) is 16.0. The van der Waals surface area contributed by atoms with Gasteiger partial charge in [0.25, 0.3) is 15.9 Å². The molecule has 0 bridgehead atoms. The van der Waals surface area contributed by atoms with Crippen LogP contribution in [0, 0.1) is 0 Å². The molecule has 0 spiro atoms. The highest BCUT2D eigenvalue weighted by molar-refractivity contribution is 7.90. The molecule has 2 aliphatic rings. The minimum Gasteiger partial charge on any atom is -0.381 e. The van der Waals surface area contributed by atoms with Crippen molar-refractivity contribution in [2.45, 2.75) is 42.6 Å². The maximum absolute atomic E-state index is 13.5. The van der Waals surface area contributed by atoms with Gasteiger partial charge in [-0.15, -0.1) is 0 Å². The Morgan fingerprint density at radius 3 is 2.48 bits per heavy atom. The van der Waals surface area contributed by atoms with Gasteiger partial charge >= 0.3 is 0 Å². The molecule has 0 radical (unpaired) electrons. The van der Waals surface area contributed by atoms with Crippen LogP contribution in [0.3, 0.4) is 0 Å². The summed E-state index contributed by atoms with van der Waals surface area (Å²) in [6.45, 7) is 2.57. The van der Waals surface area contributed by atoms with Crippen molar-refractivity contribution in [1.29, 1.82) is 0 Å². The van der Waals surface area contributed by atoms with Crippen LogP contribution in [0.2, 0.25) is 0 Å². The molecule has 3 heterocycles. The molecule has 2 aliphatic heterocycles. The Labute approximate surface area is 193 Å². The van der Waals surface area contributed by atoms with E-state index in [-0.39, 0.29) is 22.8 Å². The average Bonchev–Trinajstić information content (AvgIpc) is 3.51. The van der Waals surface area contributed by atoms with Gasteiger partial charge in [0.1, 0.15) is 0 Å². The number of ether oxygens (including phenoxy) is 2. The van der Waals surface area contributed by atoms with Gasteiger partial charge in [-0.1, -0.05) is 18.2 Å². The summed E-state index contributed by atoms with van der Waals surface area (Å²) in [6, 6.07) is 13.7. The lowest BCUT2D eigenvalue weighted by molar-refractivity contribution is 0.0855. The number of carbonyl (C=O) groups excluding carboxylic acids is 1. The molecule has 1 amide bonds. The number of hydrogen-bond donors (Lipinski definition) is 1. The van der Waals surface area contributed by atoms with E-state index in [4.69, 9.17) is 9.47 Å². The van der Waals surface area contributed by atoms with E-state index >= 15 is 0 Å². The van der Waals surface area contributed by atoms with Crippen LogP contribution in [0.5, 0.6) is 0 Å². The van der Waals surface area contributed by atoms with Crippen molar-refractivity contribution in [3.8, 4) is 0 Å². The standard InChI is InChI=1S/C25H28N2O5S/c28-25(26-16-20-4-3-13-32-20)19-7-9-21(10-8-19)33(29,30)27-17-23(18-11-14-31-15-12-18)22-5-1-2-6-24(22)27/h1-2,5-10,17-18,20H,3-4,11-16H2,(H,26,28)/t20-/m0/s1. The zero-order valence-corrected chi connectivity index (χ0v) is 19.2. The second kappa shape index (κ2) is 9.29. The van der Waals surface area contributed by atoms with Crippen molar-refractivity contribution in [2.24, 2.45) is 0 Å². The number of nitrogens with zero attached hydrogens (tertiary/aromatic N) is 1. The molecule has 1 aromatic heterocycles. The first kappa shape index (κ1) is 22.1. The minimum atomic E-state index is -3.82. The lowest BCUT2D eigenvalue weighted by atomic mass is 9.91. The average molecular weight is 469 g/mol. The molecular formula is C25H28N2O5S. The molecule has 0 aliphatic carbocycles. The number of rotatable bonds is 6. The molecule has 2 saturated heterocycles. The van der Waals surface area contributed by atoms with Gasteiger partial charge in [0.2, 0.25) is 0 Å². The van der Waals surface area contributed by atoms with Gasteiger partial charge in [-0.3, -0.25) is 4.79 Å². The predicted octanol–water partition coefficient (Wildman–Crippen LogP) is 3.68. The summed E-state index contributed by atoms with van der Waals surface area (Å²) in [5.41, 5.74) is 2.13. The van der Waals surface area contributed by atoms with Gasteiger partial charge in [-0.25, -0.2) is 12.4 Å². The van der Waals surface area contributed by atoms with Gasteiger partial charge in [0.05, 0.1) is 16.5 Å². The SMILES string of the molecule is O=C(NC[C@@H]1CCCO1)c1ccc(S(=O)(=O)n2cc(C3CCOCC3)c3ccccc32)cc1. The third kappa shape index (κ3) is 4.43. The smallest absolute Gasteiger partial charge is 0.268 e. The predicted molar refractivity (Wildman–Crippen MR) is 125 cm³/mol. The summed E-state index contributed by atoms with van der Waals surface area (Å²) in [5.74, 6) is 0.0395. The van der Waals surface area contributed by atoms with Crippen LogP contribution in [-0.2, 0) is 19.5 Å². The second-order valence-corrected chi connectivity index (χ2v) is 10.5. The molecule has 2 aromatic carbocycles. The summed E-state index contributed by atoms with van der Waals surface area (Å²) in [4.78, 5) is 12.6. The highest BCUT2D eigenvalue weighted by Crippen LogP contribution is 2.35. The Balaban J connectivity index is 1.41. The van der Waals surface area contributed by atoms with Crippen molar-refractivity contribution < 1.29 is 22.7 Å². The van der Waals surface area contributed by atoms with Gasteiger partial charge in [0.15, 0.2) is 0 Å². The Bertz CT molecular complexity index is 1240. The van der Waals surface area contributed by atoms with Gasteiger partial charge in [-0.05, 0) is 67.5 Å². The van der Waals surface area contributed by atoms with Gasteiger partial charge in [0, 0.05) is 43.5 Å². The summed E-state index contributed by atoms with van der Waals surface area (Å²) in [6.07, 6.45) is 5.53. The van der Waals surface area contributed by atoms with Crippen LogP contribution < -0.4 is 5.32 Å². The Hall–Kier alpha value is -2.68. The fourth-order valence-electron chi connectivity index (χ4n) is 4.71. The number of hydrogen-bond acceptors (Lipinski definition) is 5. The maximum Gasteiger partial charge on any atom is 0.268 e.